The smallest absolute Gasteiger partial charge is 0.437 e. The van der Waals surface area contributed by atoms with Gasteiger partial charge in [0.25, 0.3) is 0 Å². The minimum absolute atomic E-state index is 0.127. The lowest BCUT2D eigenvalue weighted by molar-refractivity contribution is 0.120. The van der Waals surface area contributed by atoms with Gasteiger partial charge in [-0.05, 0) is 6.07 Å². The highest BCUT2D eigenvalue weighted by atomic mass is 16.7. The normalized spacial score (nSPS) is 9.08. The van der Waals surface area contributed by atoms with Crippen LogP contribution in [0.25, 0.3) is 0 Å². The summed E-state index contributed by atoms with van der Waals surface area (Å²) >= 11 is 0. The number of aromatic nitrogens is 1. The van der Waals surface area contributed by atoms with Crippen molar-refractivity contribution in [3.8, 4) is 5.88 Å². The Morgan fingerprint density at radius 1 is 1.58 bits per heavy atom. The fourth-order valence-corrected chi connectivity index (χ4v) is 0.615. The third-order valence-electron chi connectivity index (χ3n) is 1.10. The predicted octanol–water partition coefficient (Wildman–Crippen LogP) is 0.809. The first kappa shape index (κ1) is 8.32. The molecule has 5 nitrogen and oxygen atoms in total. The molecule has 0 saturated carbocycles. The van der Waals surface area contributed by atoms with E-state index in [0.717, 1.165) is 0 Å². The molecule has 0 amide bonds. The average molecular weight is 168 g/mol. The molecular formula is C7H8N2O3. The number of rotatable bonds is 1. The van der Waals surface area contributed by atoms with E-state index in [1.165, 1.54) is 13.2 Å². The Morgan fingerprint density at radius 3 is 2.92 bits per heavy atom. The summed E-state index contributed by atoms with van der Waals surface area (Å²) in [6, 6.07) is 4.72. The van der Waals surface area contributed by atoms with E-state index >= 15 is 0 Å². The van der Waals surface area contributed by atoms with Crippen molar-refractivity contribution >= 4 is 12.0 Å². The van der Waals surface area contributed by atoms with Crippen LogP contribution in [-0.4, -0.2) is 18.2 Å². The first-order chi connectivity index (χ1) is 5.72. The number of ether oxygens (including phenoxy) is 2. The summed E-state index contributed by atoms with van der Waals surface area (Å²) in [5.41, 5.74) is 5.33. The van der Waals surface area contributed by atoms with Crippen molar-refractivity contribution < 1.29 is 14.3 Å². The molecule has 0 saturated heterocycles. The van der Waals surface area contributed by atoms with Crippen LogP contribution in [0.3, 0.4) is 0 Å². The van der Waals surface area contributed by atoms with Gasteiger partial charge in [0, 0.05) is 6.07 Å². The fourth-order valence-electron chi connectivity index (χ4n) is 0.615. The fraction of sp³-hybridized carbons (Fsp3) is 0.143. The average Bonchev–Trinajstić information content (AvgIpc) is 2.04. The van der Waals surface area contributed by atoms with Crippen molar-refractivity contribution in [3.63, 3.8) is 0 Å². The van der Waals surface area contributed by atoms with E-state index in [1.54, 1.807) is 12.1 Å². The zero-order chi connectivity index (χ0) is 8.97. The molecule has 0 aromatic carbocycles. The summed E-state index contributed by atoms with van der Waals surface area (Å²) in [6.07, 6.45) is -0.812. The Hall–Kier alpha value is -1.78. The molecule has 0 aliphatic carbocycles. The molecule has 0 spiro atoms. The number of nitrogen functional groups attached to an aromatic ring is 1. The second kappa shape index (κ2) is 3.56. The topological polar surface area (TPSA) is 74.4 Å². The molecule has 0 unspecified atom stereocenters. The molecule has 1 heterocycles. The zero-order valence-electron chi connectivity index (χ0n) is 6.48. The van der Waals surface area contributed by atoms with Crippen LogP contribution in [0.15, 0.2) is 18.2 Å². The summed E-state index contributed by atoms with van der Waals surface area (Å²) in [6.45, 7) is 0. The Bertz CT molecular complexity index is 288. The van der Waals surface area contributed by atoms with Gasteiger partial charge >= 0.3 is 6.16 Å². The molecule has 0 aliphatic heterocycles. The maximum atomic E-state index is 10.6. The number of carbonyl (C=O) groups excluding carboxylic acids is 1. The predicted molar refractivity (Wildman–Crippen MR) is 41.7 cm³/mol. The summed E-state index contributed by atoms with van der Waals surface area (Å²) in [7, 11) is 1.22. The van der Waals surface area contributed by atoms with Gasteiger partial charge in [0.15, 0.2) is 0 Å². The SMILES string of the molecule is COC(=O)Oc1cccc(N)n1. The van der Waals surface area contributed by atoms with Gasteiger partial charge in [-0.15, -0.1) is 0 Å². The van der Waals surface area contributed by atoms with Crippen molar-refractivity contribution in [2.75, 3.05) is 12.8 Å². The van der Waals surface area contributed by atoms with Gasteiger partial charge in [-0.3, -0.25) is 0 Å². The minimum atomic E-state index is -0.812. The van der Waals surface area contributed by atoms with Crippen molar-refractivity contribution in [1.29, 1.82) is 0 Å². The molecule has 1 aromatic rings. The van der Waals surface area contributed by atoms with Crippen molar-refractivity contribution in [2.45, 2.75) is 0 Å². The Balaban J connectivity index is 2.69. The third-order valence-corrected chi connectivity index (χ3v) is 1.10. The number of nitrogens with zero attached hydrogens (tertiary/aromatic N) is 1. The quantitative estimate of drug-likeness (QED) is 0.628. The number of pyridine rings is 1. The van der Waals surface area contributed by atoms with Crippen LogP contribution in [-0.2, 0) is 4.74 Å². The largest absolute Gasteiger partial charge is 0.514 e. The third kappa shape index (κ3) is 2.12. The Morgan fingerprint density at radius 2 is 2.33 bits per heavy atom. The first-order valence-electron chi connectivity index (χ1n) is 3.20. The number of nitrogens with two attached hydrogens (primary N) is 1. The highest BCUT2D eigenvalue weighted by molar-refractivity contribution is 5.62. The number of anilines is 1. The van der Waals surface area contributed by atoms with E-state index in [1.807, 2.05) is 0 Å². The summed E-state index contributed by atoms with van der Waals surface area (Å²) in [5.74, 6) is 0.415. The van der Waals surface area contributed by atoms with Gasteiger partial charge in [0.05, 0.1) is 7.11 Å². The van der Waals surface area contributed by atoms with Crippen LogP contribution < -0.4 is 10.5 Å². The molecule has 0 bridgehead atoms. The van der Waals surface area contributed by atoms with E-state index in [2.05, 4.69) is 14.5 Å². The highest BCUT2D eigenvalue weighted by Crippen LogP contribution is 2.08. The first-order valence-corrected chi connectivity index (χ1v) is 3.20. The van der Waals surface area contributed by atoms with Crippen molar-refractivity contribution in [2.24, 2.45) is 0 Å². The van der Waals surface area contributed by atoms with Crippen LogP contribution in [0.5, 0.6) is 5.88 Å². The van der Waals surface area contributed by atoms with Crippen LogP contribution in [0.2, 0.25) is 0 Å². The molecule has 2 N–H and O–H groups in total. The Labute approximate surface area is 69.1 Å². The van der Waals surface area contributed by atoms with Crippen LogP contribution >= 0.6 is 0 Å². The number of hydrogen-bond donors (Lipinski definition) is 1. The molecule has 12 heavy (non-hydrogen) atoms. The minimum Gasteiger partial charge on any atom is -0.437 e. The molecule has 0 radical (unpaired) electrons. The van der Waals surface area contributed by atoms with Gasteiger partial charge in [-0.2, -0.15) is 4.98 Å². The van der Waals surface area contributed by atoms with Crippen LogP contribution in [0, 0.1) is 0 Å². The number of methoxy groups -OCH3 is 1. The molecule has 0 aliphatic rings. The van der Waals surface area contributed by atoms with E-state index in [9.17, 15) is 4.79 Å². The van der Waals surface area contributed by atoms with Gasteiger partial charge < -0.3 is 15.2 Å². The van der Waals surface area contributed by atoms with E-state index in [-0.39, 0.29) is 11.7 Å². The monoisotopic (exact) mass is 168 g/mol. The molecule has 0 fully saturated rings. The second-order valence-electron chi connectivity index (χ2n) is 1.96. The maximum absolute atomic E-state index is 10.6. The maximum Gasteiger partial charge on any atom is 0.514 e. The van der Waals surface area contributed by atoms with E-state index < -0.39 is 6.16 Å². The molecule has 1 rings (SSSR count). The van der Waals surface area contributed by atoms with Gasteiger partial charge in [-0.25, -0.2) is 4.79 Å². The summed E-state index contributed by atoms with van der Waals surface area (Å²) < 4.78 is 8.84. The van der Waals surface area contributed by atoms with E-state index in [4.69, 9.17) is 5.73 Å². The molecule has 5 heteroatoms. The van der Waals surface area contributed by atoms with Crippen LogP contribution in [0.4, 0.5) is 10.6 Å². The van der Waals surface area contributed by atoms with Gasteiger partial charge in [0.1, 0.15) is 5.82 Å². The second-order valence-corrected chi connectivity index (χ2v) is 1.96. The van der Waals surface area contributed by atoms with Crippen molar-refractivity contribution in [3.05, 3.63) is 18.2 Å². The van der Waals surface area contributed by atoms with Crippen LogP contribution in [0.1, 0.15) is 0 Å². The lowest BCUT2D eigenvalue weighted by atomic mass is 10.4. The summed E-state index contributed by atoms with van der Waals surface area (Å²) in [5, 5.41) is 0. The molecule has 0 atom stereocenters. The highest BCUT2D eigenvalue weighted by Gasteiger charge is 2.03. The van der Waals surface area contributed by atoms with Gasteiger partial charge in [0.2, 0.25) is 5.88 Å². The molecule has 64 valence electrons. The Kier molecular flexibility index (Phi) is 2.47. The zero-order valence-corrected chi connectivity index (χ0v) is 6.48. The lowest BCUT2D eigenvalue weighted by Crippen LogP contribution is -2.08. The standard InChI is InChI=1S/C7H8N2O3/c1-11-7(10)12-6-4-2-3-5(8)9-6/h2-4H,1H3,(H2,8,9). The number of hydrogen-bond acceptors (Lipinski definition) is 5. The molecule has 1 aromatic heterocycles. The number of carbonyl (C=O) groups is 1. The lowest BCUT2D eigenvalue weighted by Gasteiger charge is -2.00. The molecular weight excluding hydrogens is 160 g/mol. The summed E-state index contributed by atoms with van der Waals surface area (Å²) in [4.78, 5) is 14.3. The van der Waals surface area contributed by atoms with E-state index in [0.29, 0.717) is 0 Å². The van der Waals surface area contributed by atoms with Crippen molar-refractivity contribution in [1.82, 2.24) is 4.98 Å². The van der Waals surface area contributed by atoms with Gasteiger partial charge in [-0.1, -0.05) is 6.07 Å².